The molecule has 26 heavy (non-hydrogen) atoms. The molecule has 0 aliphatic rings. The fraction of sp³-hybridized carbons (Fsp3) is 0.263. The number of carbonyl (C=O) groups excluding carboxylic acids is 1. The highest BCUT2D eigenvalue weighted by Crippen LogP contribution is 2.17. The maximum Gasteiger partial charge on any atom is 0.277 e. The lowest BCUT2D eigenvalue weighted by molar-refractivity contribution is -0.384. The number of unbranched alkanes of at least 4 members (excludes halogenated alkanes) is 1. The molecule has 0 heterocycles. The van der Waals surface area contributed by atoms with Crippen LogP contribution in [-0.2, 0) is 4.79 Å². The van der Waals surface area contributed by atoms with Gasteiger partial charge in [-0.3, -0.25) is 14.9 Å². The molecule has 7 heteroatoms. The molecule has 7 nitrogen and oxygen atoms in total. The van der Waals surface area contributed by atoms with Crippen molar-refractivity contribution in [1.29, 1.82) is 0 Å². The zero-order valence-corrected chi connectivity index (χ0v) is 14.6. The van der Waals surface area contributed by atoms with Gasteiger partial charge in [-0.15, -0.1) is 0 Å². The van der Waals surface area contributed by atoms with Gasteiger partial charge < -0.3 is 4.74 Å². The van der Waals surface area contributed by atoms with Gasteiger partial charge in [-0.25, -0.2) is 5.43 Å². The highest BCUT2D eigenvalue weighted by molar-refractivity contribution is 6.01. The lowest BCUT2D eigenvalue weighted by Gasteiger charge is -2.08. The largest absolute Gasteiger partial charge is 0.484 e. The van der Waals surface area contributed by atoms with E-state index in [0.717, 1.165) is 30.5 Å². The number of benzene rings is 2. The molecule has 0 aliphatic carbocycles. The minimum atomic E-state index is -0.493. The number of nitro benzene ring substituents is 1. The van der Waals surface area contributed by atoms with Gasteiger partial charge in [0.1, 0.15) is 5.75 Å². The number of nitrogens with one attached hydrogen (secondary N) is 1. The summed E-state index contributed by atoms with van der Waals surface area (Å²) in [5.41, 5.74) is 4.26. The van der Waals surface area contributed by atoms with Gasteiger partial charge in [-0.05, 0) is 30.5 Å². The number of nitro groups is 1. The van der Waals surface area contributed by atoms with Crippen LogP contribution in [0.4, 0.5) is 5.69 Å². The van der Waals surface area contributed by atoms with Crippen molar-refractivity contribution < 1.29 is 14.5 Å². The Morgan fingerprint density at radius 2 is 1.85 bits per heavy atom. The Morgan fingerprint density at radius 1 is 1.15 bits per heavy atom. The lowest BCUT2D eigenvalue weighted by atomic mass is 10.1. The fourth-order valence-electron chi connectivity index (χ4n) is 2.21. The van der Waals surface area contributed by atoms with Crippen LogP contribution in [-0.4, -0.2) is 23.1 Å². The van der Waals surface area contributed by atoms with Crippen molar-refractivity contribution >= 4 is 17.3 Å². The van der Waals surface area contributed by atoms with E-state index in [-0.39, 0.29) is 12.3 Å². The van der Waals surface area contributed by atoms with E-state index in [1.54, 1.807) is 0 Å². The third-order valence-corrected chi connectivity index (χ3v) is 3.61. The van der Waals surface area contributed by atoms with Gasteiger partial charge >= 0.3 is 0 Å². The summed E-state index contributed by atoms with van der Waals surface area (Å²) in [4.78, 5) is 22.1. The van der Waals surface area contributed by atoms with E-state index in [0.29, 0.717) is 5.75 Å². The number of non-ortho nitro benzene ring substituents is 1. The predicted octanol–water partition coefficient (Wildman–Crippen LogP) is 3.68. The van der Waals surface area contributed by atoms with Crippen LogP contribution in [0.25, 0.3) is 0 Å². The van der Waals surface area contributed by atoms with Crippen LogP contribution in [0, 0.1) is 10.1 Å². The van der Waals surface area contributed by atoms with Crippen LogP contribution in [0.5, 0.6) is 5.75 Å². The van der Waals surface area contributed by atoms with E-state index in [9.17, 15) is 14.9 Å². The van der Waals surface area contributed by atoms with Crippen LogP contribution in [0.3, 0.4) is 0 Å². The van der Waals surface area contributed by atoms with Crippen LogP contribution < -0.4 is 10.2 Å². The maximum atomic E-state index is 11.9. The topological polar surface area (TPSA) is 93.8 Å². The first-order valence-corrected chi connectivity index (χ1v) is 8.38. The van der Waals surface area contributed by atoms with Crippen molar-refractivity contribution in [3.8, 4) is 5.75 Å². The molecule has 0 bridgehead atoms. The molecule has 0 atom stereocenters. The van der Waals surface area contributed by atoms with Crippen molar-refractivity contribution in [1.82, 2.24) is 5.43 Å². The molecule has 136 valence electrons. The zero-order chi connectivity index (χ0) is 18.8. The number of hydrogen-bond donors (Lipinski definition) is 1. The minimum Gasteiger partial charge on any atom is -0.484 e. The van der Waals surface area contributed by atoms with Gasteiger partial charge in [0.15, 0.2) is 6.61 Å². The number of hydrazone groups is 1. The van der Waals surface area contributed by atoms with Gasteiger partial charge in [-0.2, -0.15) is 5.10 Å². The van der Waals surface area contributed by atoms with E-state index in [1.807, 2.05) is 30.3 Å². The molecular weight excluding hydrogens is 334 g/mol. The number of ether oxygens (including phenoxy) is 1. The molecule has 0 saturated carbocycles. The Labute approximate surface area is 151 Å². The minimum absolute atomic E-state index is 0.0326. The second-order valence-corrected chi connectivity index (χ2v) is 5.60. The molecule has 0 spiro atoms. The summed E-state index contributed by atoms with van der Waals surface area (Å²) in [6.07, 6.45) is 2.77. The summed E-state index contributed by atoms with van der Waals surface area (Å²) >= 11 is 0. The van der Waals surface area contributed by atoms with Crippen LogP contribution in [0.1, 0.15) is 31.7 Å². The molecule has 0 aliphatic heterocycles. The van der Waals surface area contributed by atoms with Gasteiger partial charge in [-0.1, -0.05) is 43.7 Å². The molecule has 0 fully saturated rings. The average molecular weight is 355 g/mol. The number of amides is 1. The summed E-state index contributed by atoms with van der Waals surface area (Å²) in [6.45, 7) is 1.87. The van der Waals surface area contributed by atoms with Gasteiger partial charge in [0.05, 0.1) is 10.6 Å². The molecule has 0 saturated heterocycles. The standard InChI is InChI=1S/C19H21N3O4/c1-2-3-9-18(15-7-5-4-6-8-15)20-21-19(23)14-26-17-12-10-16(11-13-17)22(24)25/h4-8,10-13H,2-3,9,14H2,1H3,(H,21,23). The fourth-order valence-corrected chi connectivity index (χ4v) is 2.21. The quantitative estimate of drug-likeness (QED) is 0.422. The SMILES string of the molecule is CCCCC(=NNC(=O)COc1ccc([N+](=O)[O-])cc1)c1ccccc1. The Bertz CT molecular complexity index is 758. The van der Waals surface area contributed by atoms with Crippen molar-refractivity contribution in [2.24, 2.45) is 5.10 Å². The smallest absolute Gasteiger partial charge is 0.277 e. The highest BCUT2D eigenvalue weighted by atomic mass is 16.6. The molecule has 0 aromatic heterocycles. The Kier molecular flexibility index (Phi) is 7.30. The third-order valence-electron chi connectivity index (χ3n) is 3.61. The van der Waals surface area contributed by atoms with Crippen molar-refractivity contribution in [2.45, 2.75) is 26.2 Å². The first-order chi connectivity index (χ1) is 12.6. The zero-order valence-electron chi connectivity index (χ0n) is 14.6. The Balaban J connectivity index is 1.92. The number of hydrogen-bond acceptors (Lipinski definition) is 5. The van der Waals surface area contributed by atoms with Gasteiger partial charge in [0.25, 0.3) is 11.6 Å². The first kappa shape index (κ1) is 19.1. The molecule has 2 aromatic rings. The number of rotatable bonds is 9. The van der Waals surface area contributed by atoms with E-state index in [1.165, 1.54) is 24.3 Å². The summed E-state index contributed by atoms with van der Waals surface area (Å²) in [5.74, 6) is -0.0164. The number of carbonyl (C=O) groups is 1. The predicted molar refractivity (Wildman–Crippen MR) is 99.2 cm³/mol. The van der Waals surface area contributed by atoms with Crippen molar-refractivity contribution in [3.05, 3.63) is 70.3 Å². The van der Waals surface area contributed by atoms with Gasteiger partial charge in [0, 0.05) is 12.1 Å². The first-order valence-electron chi connectivity index (χ1n) is 8.38. The van der Waals surface area contributed by atoms with Crippen molar-refractivity contribution in [3.63, 3.8) is 0 Å². The van der Waals surface area contributed by atoms with E-state index >= 15 is 0 Å². The van der Waals surface area contributed by atoms with E-state index in [2.05, 4.69) is 17.5 Å². The van der Waals surface area contributed by atoms with E-state index < -0.39 is 10.8 Å². The summed E-state index contributed by atoms with van der Waals surface area (Å²) < 4.78 is 5.32. The molecule has 1 N–H and O–H groups in total. The molecular formula is C19H21N3O4. The normalized spacial score (nSPS) is 11.0. The average Bonchev–Trinajstić information content (AvgIpc) is 2.67. The Morgan fingerprint density at radius 3 is 2.46 bits per heavy atom. The monoisotopic (exact) mass is 355 g/mol. The van der Waals surface area contributed by atoms with Crippen molar-refractivity contribution in [2.75, 3.05) is 6.61 Å². The molecule has 0 radical (unpaired) electrons. The van der Waals surface area contributed by atoms with Crippen LogP contribution in [0.15, 0.2) is 59.7 Å². The summed E-state index contributed by atoms with van der Waals surface area (Å²) in [6, 6.07) is 15.2. The maximum absolute atomic E-state index is 11.9. The summed E-state index contributed by atoms with van der Waals surface area (Å²) in [7, 11) is 0. The molecule has 1 amide bonds. The highest BCUT2D eigenvalue weighted by Gasteiger charge is 2.08. The van der Waals surface area contributed by atoms with E-state index in [4.69, 9.17) is 4.74 Å². The Hall–Kier alpha value is -3.22. The second kappa shape index (κ2) is 9.93. The second-order valence-electron chi connectivity index (χ2n) is 5.60. The third kappa shape index (κ3) is 6.01. The molecule has 2 rings (SSSR count). The molecule has 0 unspecified atom stereocenters. The lowest BCUT2D eigenvalue weighted by Crippen LogP contribution is -2.26. The number of nitrogens with zero attached hydrogens (tertiary/aromatic N) is 2. The van der Waals surface area contributed by atoms with Gasteiger partial charge in [0.2, 0.25) is 0 Å². The molecule has 2 aromatic carbocycles. The van der Waals surface area contributed by atoms with Crippen LogP contribution >= 0.6 is 0 Å². The van der Waals surface area contributed by atoms with Crippen LogP contribution in [0.2, 0.25) is 0 Å². The summed E-state index contributed by atoms with van der Waals surface area (Å²) in [5, 5.41) is 14.8.